The topological polar surface area (TPSA) is 195 Å². The van der Waals surface area contributed by atoms with Crippen molar-refractivity contribution >= 4 is 37.5 Å². The molecule has 0 aliphatic rings. The van der Waals surface area contributed by atoms with E-state index < -0.39 is 62.4 Å². The minimum atomic E-state index is -4.77. The SMILES string of the molecule is CCCCC/C=C\C\C=C/C=C/C=C/[C@@H](SC[C@H](N)C(=O)OC[C@H](COP(=O)([O-])OCC[N+](C)(C)C)OC(=O)CCCCCCCC/C=C\C/C=C\C/C=C\CCCCCC)[C@@H](O)CCCC(=O)O. The molecular formula is C54H93N2O11PS. The van der Waals surface area contributed by atoms with Crippen molar-refractivity contribution in [1.29, 1.82) is 0 Å². The van der Waals surface area contributed by atoms with Gasteiger partial charge in [-0.25, -0.2) is 0 Å². The Morgan fingerprint density at radius 2 is 1.22 bits per heavy atom. The highest BCUT2D eigenvalue weighted by molar-refractivity contribution is 8.00. The molecule has 0 aromatic rings. The van der Waals surface area contributed by atoms with Gasteiger partial charge in [0.2, 0.25) is 0 Å². The Morgan fingerprint density at radius 1 is 0.681 bits per heavy atom. The number of aliphatic carboxylic acids is 1. The molecule has 0 spiro atoms. The maximum Gasteiger partial charge on any atom is 0.323 e. The van der Waals surface area contributed by atoms with Gasteiger partial charge in [0, 0.05) is 23.8 Å². The Hall–Kier alpha value is -3.07. The van der Waals surface area contributed by atoms with E-state index in [0.29, 0.717) is 17.4 Å². The lowest BCUT2D eigenvalue weighted by atomic mass is 10.1. The van der Waals surface area contributed by atoms with Crippen LogP contribution in [0.2, 0.25) is 0 Å². The number of aliphatic hydroxyl groups excluding tert-OH is 1. The summed E-state index contributed by atoms with van der Waals surface area (Å²) >= 11 is 1.22. The monoisotopic (exact) mass is 1010 g/mol. The molecule has 0 amide bonds. The van der Waals surface area contributed by atoms with Crippen LogP contribution in [0.3, 0.4) is 0 Å². The fraction of sp³-hybridized carbons (Fsp3) is 0.685. The van der Waals surface area contributed by atoms with Gasteiger partial charge in [0.05, 0.1) is 33.9 Å². The molecule has 0 aliphatic heterocycles. The van der Waals surface area contributed by atoms with Crippen LogP contribution in [0.1, 0.15) is 162 Å². The predicted octanol–water partition coefficient (Wildman–Crippen LogP) is 11.4. The van der Waals surface area contributed by atoms with Crippen LogP contribution < -0.4 is 10.6 Å². The predicted molar refractivity (Wildman–Crippen MR) is 283 cm³/mol. The fourth-order valence-electron chi connectivity index (χ4n) is 6.45. The number of quaternary nitrogens is 1. The summed E-state index contributed by atoms with van der Waals surface area (Å²) in [5.41, 5.74) is 6.21. The number of esters is 2. The number of carboxylic acid groups (broad SMARTS) is 1. The summed E-state index contributed by atoms with van der Waals surface area (Å²) in [6.45, 7) is 3.58. The van der Waals surface area contributed by atoms with Crippen molar-refractivity contribution in [2.75, 3.05) is 53.3 Å². The van der Waals surface area contributed by atoms with Gasteiger partial charge in [-0.2, -0.15) is 0 Å². The molecule has 0 saturated carbocycles. The van der Waals surface area contributed by atoms with Crippen molar-refractivity contribution in [2.45, 2.75) is 185 Å². The normalized spacial score (nSPS) is 15.4. The van der Waals surface area contributed by atoms with Gasteiger partial charge in [-0.15, -0.1) is 11.8 Å². The average Bonchev–Trinajstić information content (AvgIpc) is 3.29. The highest BCUT2D eigenvalue weighted by atomic mass is 32.2. The van der Waals surface area contributed by atoms with Crippen molar-refractivity contribution in [3.8, 4) is 0 Å². The molecule has 5 atom stereocenters. The van der Waals surface area contributed by atoms with Gasteiger partial charge in [-0.1, -0.05) is 157 Å². The molecule has 396 valence electrons. The number of hydrogen-bond donors (Lipinski definition) is 3. The summed E-state index contributed by atoms with van der Waals surface area (Å²) < 4.78 is 34.1. The first-order valence-electron chi connectivity index (χ1n) is 25.7. The summed E-state index contributed by atoms with van der Waals surface area (Å²) in [5.74, 6) is -2.31. The molecule has 15 heteroatoms. The first kappa shape index (κ1) is 65.9. The van der Waals surface area contributed by atoms with Crippen molar-refractivity contribution < 1.29 is 57.1 Å². The second kappa shape index (κ2) is 44.8. The van der Waals surface area contributed by atoms with E-state index in [1.165, 1.54) is 63.1 Å². The van der Waals surface area contributed by atoms with E-state index in [-0.39, 0.29) is 38.0 Å². The highest BCUT2D eigenvalue weighted by Gasteiger charge is 2.25. The van der Waals surface area contributed by atoms with E-state index in [4.69, 9.17) is 29.4 Å². The number of allylic oxidation sites excluding steroid dienone is 13. The van der Waals surface area contributed by atoms with Gasteiger partial charge in [0.1, 0.15) is 25.8 Å². The zero-order chi connectivity index (χ0) is 51.3. The summed E-state index contributed by atoms with van der Waals surface area (Å²) in [7, 11) is 0.886. The number of nitrogens with zero attached hydrogens (tertiary/aromatic N) is 1. The molecule has 0 fully saturated rings. The molecule has 0 aromatic carbocycles. The first-order valence-corrected chi connectivity index (χ1v) is 28.2. The lowest BCUT2D eigenvalue weighted by Crippen LogP contribution is -2.39. The van der Waals surface area contributed by atoms with Crippen LogP contribution in [0.5, 0.6) is 0 Å². The van der Waals surface area contributed by atoms with Crippen molar-refractivity contribution in [3.05, 3.63) is 85.1 Å². The minimum absolute atomic E-state index is 0.0425. The largest absolute Gasteiger partial charge is 0.756 e. The zero-order valence-corrected chi connectivity index (χ0v) is 44.9. The lowest BCUT2D eigenvalue weighted by molar-refractivity contribution is -0.870. The molecule has 1 unspecified atom stereocenters. The Morgan fingerprint density at radius 3 is 1.83 bits per heavy atom. The number of carbonyl (C=O) groups is 3. The molecule has 0 bridgehead atoms. The Labute approximate surface area is 422 Å². The molecule has 0 rings (SSSR count). The number of likely N-dealkylation sites (N-methyl/N-ethyl adjacent to an activating group) is 1. The second-order valence-corrected chi connectivity index (χ2v) is 21.0. The molecule has 13 nitrogen and oxygen atoms in total. The van der Waals surface area contributed by atoms with E-state index in [2.05, 4.69) is 62.5 Å². The smallest absolute Gasteiger partial charge is 0.323 e. The number of phosphoric acid groups is 1. The molecule has 0 radical (unpaired) electrons. The van der Waals surface area contributed by atoms with Crippen LogP contribution in [-0.2, 0) is 37.5 Å². The van der Waals surface area contributed by atoms with Gasteiger partial charge in [0.15, 0.2) is 6.10 Å². The Balaban J connectivity index is 5.12. The summed E-state index contributed by atoms with van der Waals surface area (Å²) in [5, 5.41) is 19.5. The van der Waals surface area contributed by atoms with E-state index in [1.807, 2.05) is 45.4 Å². The third-order valence-electron chi connectivity index (χ3n) is 10.6. The number of hydrogen-bond acceptors (Lipinski definition) is 12. The number of phosphoric ester groups is 1. The molecule has 4 N–H and O–H groups in total. The number of nitrogens with two attached hydrogens (primary N) is 1. The maximum absolute atomic E-state index is 13.1. The van der Waals surface area contributed by atoms with Crippen molar-refractivity contribution in [3.63, 3.8) is 0 Å². The number of rotatable bonds is 46. The van der Waals surface area contributed by atoms with Gasteiger partial charge in [-0.3, -0.25) is 18.9 Å². The third-order valence-corrected chi connectivity index (χ3v) is 13.0. The maximum atomic E-state index is 13.1. The van der Waals surface area contributed by atoms with Crippen molar-refractivity contribution in [1.82, 2.24) is 0 Å². The molecule has 69 heavy (non-hydrogen) atoms. The van der Waals surface area contributed by atoms with Gasteiger partial charge < -0.3 is 43.8 Å². The molecular weight excluding hydrogens is 916 g/mol. The van der Waals surface area contributed by atoms with E-state index in [0.717, 1.165) is 64.2 Å². The van der Waals surface area contributed by atoms with E-state index >= 15 is 0 Å². The Bertz CT molecular complexity index is 1570. The number of ether oxygens (including phenoxy) is 2. The average molecular weight is 1010 g/mol. The van der Waals surface area contributed by atoms with Gasteiger partial charge in [0.25, 0.3) is 7.82 Å². The fourth-order valence-corrected chi connectivity index (χ4v) is 8.31. The van der Waals surface area contributed by atoms with Crippen LogP contribution in [0, 0.1) is 0 Å². The van der Waals surface area contributed by atoms with Crippen LogP contribution in [0.4, 0.5) is 0 Å². The van der Waals surface area contributed by atoms with Gasteiger partial charge >= 0.3 is 17.9 Å². The van der Waals surface area contributed by atoms with Crippen LogP contribution in [0.25, 0.3) is 0 Å². The number of unbranched alkanes of at least 4 members (excludes halogenated alkanes) is 13. The quantitative estimate of drug-likeness (QED) is 0.0130. The molecule has 0 aliphatic carbocycles. The standard InChI is InChI=1S/C54H93N2O11PS/c1-6-8-10-12-14-16-18-20-21-22-23-24-25-26-27-29-31-33-35-37-42-53(60)67-48(46-66-68(62,63)65-44-43-56(3,4)5)45-64-54(61)49(55)47-69-51(50(57)39-38-41-52(58)59)40-36-34-32-30-28-19-17-15-13-11-9-7-2/h15-18,21-22,24-25,28,30,32,34,36,40,48-51,57H,6-14,19-20,23,26-27,29,31,33,35,37-39,41-47,55H2,1-5H3,(H-,58,59,62,63)/b17-15-,18-16-,22-21-,25-24-,30-28-,34-32+,40-36+/t48-,49+,50+,51-/m1/s1. The van der Waals surface area contributed by atoms with Crippen LogP contribution in [-0.4, -0.2) is 109 Å². The molecule has 0 aromatic heterocycles. The third kappa shape index (κ3) is 45.8. The lowest BCUT2D eigenvalue weighted by Gasteiger charge is -2.28. The van der Waals surface area contributed by atoms with Crippen molar-refractivity contribution in [2.24, 2.45) is 5.73 Å². The first-order chi connectivity index (χ1) is 33.1. The number of thioether (sulfide) groups is 1. The van der Waals surface area contributed by atoms with Gasteiger partial charge in [-0.05, 0) is 77.0 Å². The minimum Gasteiger partial charge on any atom is -0.756 e. The van der Waals surface area contributed by atoms with E-state index in [9.17, 15) is 28.9 Å². The molecule has 0 heterocycles. The Kier molecular flexibility index (Phi) is 42.8. The summed E-state index contributed by atoms with van der Waals surface area (Å²) in [6, 6.07) is -1.15. The number of aliphatic hydroxyl groups is 1. The second-order valence-electron chi connectivity index (χ2n) is 18.4. The summed E-state index contributed by atoms with van der Waals surface area (Å²) in [4.78, 5) is 49.6. The number of carboxylic acids is 1. The van der Waals surface area contributed by atoms with Crippen LogP contribution >= 0.6 is 19.6 Å². The zero-order valence-electron chi connectivity index (χ0n) is 43.1. The molecule has 0 saturated heterocycles. The summed E-state index contributed by atoms with van der Waals surface area (Å²) in [6.07, 6.45) is 47.9. The highest BCUT2D eigenvalue weighted by Crippen LogP contribution is 2.38. The van der Waals surface area contributed by atoms with Crippen LogP contribution in [0.15, 0.2) is 85.1 Å². The van der Waals surface area contributed by atoms with E-state index in [1.54, 1.807) is 12.2 Å². The number of carbonyl (C=O) groups excluding carboxylic acids is 2.